The number of H-pyrrole nitrogens is 1. The first-order chi connectivity index (χ1) is 10.7. The molecule has 0 saturated heterocycles. The first-order valence-corrected chi connectivity index (χ1v) is 7.17. The second-order valence-electron chi connectivity index (χ2n) is 5.05. The number of urea groups is 1. The van der Waals surface area contributed by atoms with Gasteiger partial charge < -0.3 is 15.5 Å². The van der Waals surface area contributed by atoms with Gasteiger partial charge in [-0.3, -0.25) is 9.89 Å². The summed E-state index contributed by atoms with van der Waals surface area (Å²) in [4.78, 5) is 25.5. The van der Waals surface area contributed by atoms with Crippen LogP contribution in [-0.2, 0) is 11.2 Å². The molecule has 3 N–H and O–H groups in total. The van der Waals surface area contributed by atoms with Crippen LogP contribution in [0.15, 0.2) is 30.6 Å². The molecule has 0 unspecified atom stereocenters. The highest BCUT2D eigenvalue weighted by Gasteiger charge is 2.22. The molecule has 0 bridgehead atoms. The van der Waals surface area contributed by atoms with E-state index in [1.54, 1.807) is 17.2 Å². The van der Waals surface area contributed by atoms with Crippen molar-refractivity contribution in [3.8, 4) is 0 Å². The van der Waals surface area contributed by atoms with E-state index < -0.39 is 0 Å². The summed E-state index contributed by atoms with van der Waals surface area (Å²) in [6.45, 7) is 2.61. The smallest absolute Gasteiger partial charge is 0.312 e. The van der Waals surface area contributed by atoms with E-state index in [9.17, 15) is 9.59 Å². The third-order valence-corrected chi connectivity index (χ3v) is 3.61. The molecule has 0 atom stereocenters. The van der Waals surface area contributed by atoms with Crippen molar-refractivity contribution < 1.29 is 9.59 Å². The molecule has 0 spiro atoms. The number of aromatic nitrogens is 2. The molecule has 2 aromatic rings. The molecule has 7 heteroatoms. The van der Waals surface area contributed by atoms with Gasteiger partial charge in [-0.05, 0) is 37.1 Å². The lowest BCUT2D eigenvalue weighted by Gasteiger charge is -2.28. The van der Waals surface area contributed by atoms with Gasteiger partial charge in [-0.2, -0.15) is 5.10 Å². The topological polar surface area (TPSA) is 90.1 Å². The minimum atomic E-state index is -0.333. The average molecular weight is 299 g/mol. The number of hydrogen-bond acceptors (Lipinski definition) is 3. The molecule has 3 amide bonds. The Labute approximate surface area is 127 Å². The summed E-state index contributed by atoms with van der Waals surface area (Å²) >= 11 is 0. The van der Waals surface area contributed by atoms with E-state index >= 15 is 0 Å². The number of hydrogen-bond donors (Lipinski definition) is 3. The van der Waals surface area contributed by atoms with Crippen molar-refractivity contribution in [2.24, 2.45) is 0 Å². The van der Waals surface area contributed by atoms with Crippen LogP contribution in [0.2, 0.25) is 0 Å². The van der Waals surface area contributed by atoms with Crippen LogP contribution in [0.4, 0.5) is 21.9 Å². The lowest BCUT2D eigenvalue weighted by Crippen LogP contribution is -2.34. The summed E-state index contributed by atoms with van der Waals surface area (Å²) in [5.41, 5.74) is 3.30. The van der Waals surface area contributed by atoms with E-state index in [-0.39, 0.29) is 11.9 Å². The Hall–Kier alpha value is -2.83. The quantitative estimate of drug-likeness (QED) is 0.812. The third kappa shape index (κ3) is 2.78. The first kappa shape index (κ1) is 14.1. The fourth-order valence-electron chi connectivity index (χ4n) is 2.60. The minimum absolute atomic E-state index is 0.147. The van der Waals surface area contributed by atoms with Crippen molar-refractivity contribution in [2.75, 3.05) is 22.1 Å². The van der Waals surface area contributed by atoms with Crippen LogP contribution in [-0.4, -0.2) is 28.7 Å². The molecule has 1 aliphatic heterocycles. The number of fused-ring (bicyclic) bond motifs is 1. The lowest BCUT2D eigenvalue weighted by atomic mass is 10.0. The van der Waals surface area contributed by atoms with Gasteiger partial charge in [0.1, 0.15) is 0 Å². The van der Waals surface area contributed by atoms with Gasteiger partial charge in [0.15, 0.2) is 0 Å². The number of nitrogens with one attached hydrogen (secondary N) is 3. The van der Waals surface area contributed by atoms with Gasteiger partial charge in [0.05, 0.1) is 11.9 Å². The van der Waals surface area contributed by atoms with E-state index in [1.165, 1.54) is 6.20 Å². The van der Waals surface area contributed by atoms with Crippen LogP contribution in [0, 0.1) is 0 Å². The molecule has 0 saturated carbocycles. The Bertz CT molecular complexity index is 696. The monoisotopic (exact) mass is 299 g/mol. The molecule has 0 aliphatic carbocycles. The third-order valence-electron chi connectivity index (χ3n) is 3.61. The number of anilines is 3. The number of aromatic amines is 1. The van der Waals surface area contributed by atoms with E-state index in [0.717, 1.165) is 11.3 Å². The zero-order chi connectivity index (χ0) is 15.5. The summed E-state index contributed by atoms with van der Waals surface area (Å²) in [6, 6.07) is 5.26. The molecule has 1 aromatic heterocycles. The number of nitrogens with zero attached hydrogens (tertiary/aromatic N) is 2. The predicted octanol–water partition coefficient (Wildman–Crippen LogP) is 2.35. The molecule has 22 heavy (non-hydrogen) atoms. The fraction of sp³-hybridized carbons (Fsp3) is 0.267. The maximum Gasteiger partial charge on any atom is 0.323 e. The van der Waals surface area contributed by atoms with Crippen molar-refractivity contribution in [1.29, 1.82) is 0 Å². The summed E-state index contributed by atoms with van der Waals surface area (Å²) < 4.78 is 0. The van der Waals surface area contributed by atoms with Gasteiger partial charge in [0.25, 0.3) is 0 Å². The van der Waals surface area contributed by atoms with E-state index in [4.69, 9.17) is 0 Å². The van der Waals surface area contributed by atoms with E-state index in [0.29, 0.717) is 30.8 Å². The second kappa shape index (κ2) is 5.88. The fourth-order valence-corrected chi connectivity index (χ4v) is 2.60. The largest absolute Gasteiger partial charge is 0.323 e. The number of amides is 3. The Morgan fingerprint density at radius 2 is 2.14 bits per heavy atom. The number of rotatable bonds is 3. The molecule has 7 nitrogen and oxygen atoms in total. The van der Waals surface area contributed by atoms with Crippen molar-refractivity contribution in [3.05, 3.63) is 36.2 Å². The molecule has 1 aromatic carbocycles. The average Bonchev–Trinajstić information content (AvgIpc) is 3.00. The van der Waals surface area contributed by atoms with Gasteiger partial charge in [0, 0.05) is 30.5 Å². The number of carbonyl (C=O) groups is 2. The Morgan fingerprint density at radius 1 is 1.32 bits per heavy atom. The van der Waals surface area contributed by atoms with Gasteiger partial charge in [-0.15, -0.1) is 0 Å². The molecule has 0 fully saturated rings. The summed E-state index contributed by atoms with van der Waals surface area (Å²) in [6.07, 6.45) is 4.32. The SMILES string of the molecule is CCN1C(=O)CCc2cc(NC(=O)Nc3cn[nH]c3)ccc21. The molecular formula is C15H17N5O2. The maximum atomic E-state index is 11.9. The van der Waals surface area contributed by atoms with Gasteiger partial charge in [-0.25, -0.2) is 4.79 Å². The maximum absolute atomic E-state index is 11.9. The Kier molecular flexibility index (Phi) is 3.78. The minimum Gasteiger partial charge on any atom is -0.312 e. The zero-order valence-electron chi connectivity index (χ0n) is 12.2. The van der Waals surface area contributed by atoms with Gasteiger partial charge in [-0.1, -0.05) is 0 Å². The van der Waals surface area contributed by atoms with Crippen molar-refractivity contribution >= 4 is 29.0 Å². The Balaban J connectivity index is 1.73. The number of aryl methyl sites for hydroxylation is 1. The lowest BCUT2D eigenvalue weighted by molar-refractivity contribution is -0.118. The summed E-state index contributed by atoms with van der Waals surface area (Å²) in [7, 11) is 0. The molecule has 0 radical (unpaired) electrons. The van der Waals surface area contributed by atoms with Crippen LogP contribution >= 0.6 is 0 Å². The second-order valence-corrected chi connectivity index (χ2v) is 5.05. The zero-order valence-corrected chi connectivity index (χ0v) is 12.2. The summed E-state index contributed by atoms with van der Waals surface area (Å²) in [5, 5.41) is 11.8. The highest BCUT2D eigenvalue weighted by molar-refractivity contribution is 6.00. The first-order valence-electron chi connectivity index (χ1n) is 7.17. The predicted molar refractivity (Wildman–Crippen MR) is 84.0 cm³/mol. The van der Waals surface area contributed by atoms with Crippen molar-refractivity contribution in [2.45, 2.75) is 19.8 Å². The van der Waals surface area contributed by atoms with E-state index in [1.807, 2.05) is 19.1 Å². The van der Waals surface area contributed by atoms with Crippen LogP contribution < -0.4 is 15.5 Å². The van der Waals surface area contributed by atoms with E-state index in [2.05, 4.69) is 20.8 Å². The van der Waals surface area contributed by atoms with Crippen LogP contribution in [0.25, 0.3) is 0 Å². The molecule has 114 valence electrons. The molecular weight excluding hydrogens is 282 g/mol. The number of carbonyl (C=O) groups excluding carboxylic acids is 2. The standard InChI is InChI=1S/C15H17N5O2/c1-2-20-13-5-4-11(7-10(13)3-6-14(20)21)18-15(22)19-12-8-16-17-9-12/h4-5,7-9H,2-3,6H2,1H3,(H,16,17)(H2,18,19,22). The summed E-state index contributed by atoms with van der Waals surface area (Å²) in [5.74, 6) is 0.147. The highest BCUT2D eigenvalue weighted by atomic mass is 16.2. The van der Waals surface area contributed by atoms with Gasteiger partial charge in [0.2, 0.25) is 5.91 Å². The van der Waals surface area contributed by atoms with Gasteiger partial charge >= 0.3 is 6.03 Å². The molecule has 3 rings (SSSR count). The number of benzene rings is 1. The normalized spacial score (nSPS) is 13.7. The molecule has 2 heterocycles. The van der Waals surface area contributed by atoms with Crippen LogP contribution in [0.1, 0.15) is 18.9 Å². The van der Waals surface area contributed by atoms with Crippen molar-refractivity contribution in [3.63, 3.8) is 0 Å². The highest BCUT2D eigenvalue weighted by Crippen LogP contribution is 2.30. The van der Waals surface area contributed by atoms with Crippen LogP contribution in [0.3, 0.4) is 0 Å². The van der Waals surface area contributed by atoms with Crippen molar-refractivity contribution in [1.82, 2.24) is 10.2 Å². The molecule has 1 aliphatic rings. The Morgan fingerprint density at radius 3 is 2.86 bits per heavy atom. The van der Waals surface area contributed by atoms with Crippen LogP contribution in [0.5, 0.6) is 0 Å².